The quantitative estimate of drug-likeness (QED) is 0.290. The predicted octanol–water partition coefficient (Wildman–Crippen LogP) is 4.16. The van der Waals surface area contributed by atoms with Crippen LogP contribution >= 0.6 is 0 Å². The van der Waals surface area contributed by atoms with Crippen LogP contribution in [-0.2, 0) is 9.53 Å². The lowest BCUT2D eigenvalue weighted by Gasteiger charge is -2.19. The molecular weight excluding hydrogens is 278 g/mol. The molecule has 0 radical (unpaired) electrons. The Labute approximate surface area is 106 Å². The molecule has 0 saturated heterocycles. The van der Waals surface area contributed by atoms with Crippen molar-refractivity contribution in [3.63, 3.8) is 0 Å². The Bertz CT molecular complexity index is 300. The Kier molecular flexibility index (Phi) is 6.93. The fraction of sp³-hybridized carbons (Fsp3) is 0.727. The van der Waals surface area contributed by atoms with Gasteiger partial charge in [0.25, 0.3) is 0 Å². The molecule has 0 aromatic carbocycles. The molecule has 19 heavy (non-hydrogen) atoms. The maximum absolute atomic E-state index is 13.1. The molecule has 0 aromatic rings. The molecule has 8 heteroatoms. The molecule has 0 aliphatic heterocycles. The van der Waals surface area contributed by atoms with Crippen LogP contribution in [0.4, 0.5) is 26.3 Å². The molecule has 1 unspecified atom stereocenters. The van der Waals surface area contributed by atoms with Gasteiger partial charge in [-0.15, -0.1) is 0 Å². The third kappa shape index (κ3) is 8.50. The molecule has 0 heterocycles. The highest BCUT2D eigenvalue weighted by atomic mass is 19.4. The summed E-state index contributed by atoms with van der Waals surface area (Å²) in [4.78, 5) is 10.5. The van der Waals surface area contributed by atoms with Crippen LogP contribution in [0.5, 0.6) is 0 Å². The second-order valence-electron chi connectivity index (χ2n) is 3.87. The zero-order chi connectivity index (χ0) is 15.1. The fourth-order valence-electron chi connectivity index (χ4n) is 1.23. The molecule has 2 nitrogen and oxygen atoms in total. The zero-order valence-corrected chi connectivity index (χ0v) is 9.98. The van der Waals surface area contributed by atoms with Gasteiger partial charge < -0.3 is 4.74 Å². The smallest absolute Gasteiger partial charge is 0.395 e. The molecule has 0 saturated carbocycles. The van der Waals surface area contributed by atoms with Crippen LogP contribution < -0.4 is 0 Å². The van der Waals surface area contributed by atoms with Crippen LogP contribution in [-0.4, -0.2) is 24.4 Å². The van der Waals surface area contributed by atoms with E-state index in [1.807, 2.05) is 0 Å². The molecule has 0 spiro atoms. The lowest BCUT2D eigenvalue weighted by atomic mass is 10.1. The van der Waals surface area contributed by atoms with Gasteiger partial charge in [-0.25, -0.2) is 9.18 Å². The van der Waals surface area contributed by atoms with Gasteiger partial charge in [0.1, 0.15) is 0 Å². The highest BCUT2D eigenvalue weighted by Gasteiger charge is 2.43. The number of halogens is 6. The van der Waals surface area contributed by atoms with Crippen LogP contribution in [0.25, 0.3) is 0 Å². The van der Waals surface area contributed by atoms with Gasteiger partial charge in [-0.2, -0.15) is 22.0 Å². The van der Waals surface area contributed by atoms with Crippen molar-refractivity contribution in [3.05, 3.63) is 12.7 Å². The van der Waals surface area contributed by atoms with Crippen molar-refractivity contribution in [2.24, 2.45) is 0 Å². The summed E-state index contributed by atoms with van der Waals surface area (Å²) >= 11 is 0. The SMILES string of the molecule is C=CC(=O)OC(F)(F)C(F)CCCCCC(F)(F)F. The number of unbranched alkanes of at least 4 members (excludes halogenated alkanes) is 2. The molecular formula is C11H14F6O2. The first-order chi connectivity index (χ1) is 8.58. The first-order valence-electron chi connectivity index (χ1n) is 5.52. The summed E-state index contributed by atoms with van der Waals surface area (Å²) in [6.07, 6.45) is -13.1. The van der Waals surface area contributed by atoms with Crippen LogP contribution in [0.2, 0.25) is 0 Å². The molecule has 0 amide bonds. The van der Waals surface area contributed by atoms with Crippen LogP contribution in [0.3, 0.4) is 0 Å². The second-order valence-corrected chi connectivity index (χ2v) is 3.87. The number of alkyl halides is 6. The number of rotatable bonds is 8. The number of ether oxygens (including phenoxy) is 1. The lowest BCUT2D eigenvalue weighted by molar-refractivity contribution is -0.258. The Morgan fingerprint density at radius 3 is 2.21 bits per heavy atom. The number of carbonyl (C=O) groups is 1. The summed E-state index contributed by atoms with van der Waals surface area (Å²) in [6.45, 7) is 2.88. The van der Waals surface area contributed by atoms with Gasteiger partial charge in [0.15, 0.2) is 0 Å². The summed E-state index contributed by atoms with van der Waals surface area (Å²) in [5.41, 5.74) is 0. The van der Waals surface area contributed by atoms with Gasteiger partial charge in [0.05, 0.1) is 0 Å². The molecule has 1 atom stereocenters. The van der Waals surface area contributed by atoms with Crippen LogP contribution in [0.15, 0.2) is 12.7 Å². The van der Waals surface area contributed by atoms with Crippen molar-refractivity contribution in [1.29, 1.82) is 0 Å². The topological polar surface area (TPSA) is 26.3 Å². The van der Waals surface area contributed by atoms with Gasteiger partial charge in [-0.3, -0.25) is 0 Å². The van der Waals surface area contributed by atoms with Crippen molar-refractivity contribution >= 4 is 5.97 Å². The van der Waals surface area contributed by atoms with Gasteiger partial charge in [-0.1, -0.05) is 19.4 Å². The number of esters is 1. The third-order valence-electron chi connectivity index (χ3n) is 2.19. The highest BCUT2D eigenvalue weighted by molar-refractivity contribution is 5.81. The van der Waals surface area contributed by atoms with Gasteiger partial charge in [0.2, 0.25) is 6.17 Å². The summed E-state index contributed by atoms with van der Waals surface area (Å²) in [6, 6.07) is 0. The molecule has 0 aliphatic rings. The van der Waals surface area contributed by atoms with Crippen LogP contribution in [0.1, 0.15) is 32.1 Å². The van der Waals surface area contributed by atoms with E-state index in [2.05, 4.69) is 11.3 Å². The minimum absolute atomic E-state index is 0.0363. The Balaban J connectivity index is 3.93. The van der Waals surface area contributed by atoms with Gasteiger partial charge in [-0.05, 0) is 12.8 Å². The lowest BCUT2D eigenvalue weighted by Crippen LogP contribution is -2.35. The molecule has 0 aliphatic carbocycles. The number of carbonyl (C=O) groups excluding carboxylic acids is 1. The van der Waals surface area contributed by atoms with E-state index in [0.717, 1.165) is 0 Å². The molecule has 0 fully saturated rings. The third-order valence-corrected chi connectivity index (χ3v) is 2.19. The molecule has 0 aromatic heterocycles. The van der Waals surface area contributed by atoms with E-state index in [0.29, 0.717) is 6.08 Å². The monoisotopic (exact) mass is 292 g/mol. The largest absolute Gasteiger partial charge is 0.432 e. The van der Waals surface area contributed by atoms with E-state index in [1.54, 1.807) is 0 Å². The van der Waals surface area contributed by atoms with Crippen LogP contribution in [0, 0.1) is 0 Å². The first-order valence-corrected chi connectivity index (χ1v) is 5.52. The van der Waals surface area contributed by atoms with Crippen molar-refractivity contribution < 1.29 is 35.9 Å². The molecule has 112 valence electrons. The van der Waals surface area contributed by atoms with Crippen molar-refractivity contribution in [1.82, 2.24) is 0 Å². The maximum Gasteiger partial charge on any atom is 0.432 e. The molecule has 0 N–H and O–H groups in total. The molecule has 0 rings (SSSR count). The van der Waals surface area contributed by atoms with Gasteiger partial charge in [0, 0.05) is 12.5 Å². The normalized spacial score (nSPS) is 14.0. The minimum Gasteiger partial charge on any atom is -0.395 e. The first kappa shape index (κ1) is 17.8. The summed E-state index contributed by atoms with van der Waals surface area (Å²) < 4.78 is 77.6. The zero-order valence-electron chi connectivity index (χ0n) is 9.98. The Hall–Kier alpha value is -1.21. The van der Waals surface area contributed by atoms with E-state index < -0.39 is 37.3 Å². The van der Waals surface area contributed by atoms with Crippen molar-refractivity contribution in [2.45, 2.75) is 50.6 Å². The summed E-state index contributed by atoms with van der Waals surface area (Å²) in [7, 11) is 0. The van der Waals surface area contributed by atoms with E-state index >= 15 is 0 Å². The van der Waals surface area contributed by atoms with Gasteiger partial charge >= 0.3 is 18.3 Å². The minimum atomic E-state index is -4.31. The number of hydrogen-bond donors (Lipinski definition) is 0. The summed E-state index contributed by atoms with van der Waals surface area (Å²) in [5.74, 6) is -1.47. The molecule has 0 bridgehead atoms. The summed E-state index contributed by atoms with van der Waals surface area (Å²) in [5, 5.41) is 0. The highest BCUT2D eigenvalue weighted by Crippen LogP contribution is 2.28. The van der Waals surface area contributed by atoms with Crippen molar-refractivity contribution in [2.75, 3.05) is 0 Å². The maximum atomic E-state index is 13.1. The average Bonchev–Trinajstić information content (AvgIpc) is 2.26. The van der Waals surface area contributed by atoms with E-state index in [1.165, 1.54) is 0 Å². The van der Waals surface area contributed by atoms with E-state index in [-0.39, 0.29) is 19.3 Å². The van der Waals surface area contributed by atoms with Crippen molar-refractivity contribution in [3.8, 4) is 0 Å². The van der Waals surface area contributed by atoms with E-state index in [9.17, 15) is 31.1 Å². The standard InChI is InChI=1S/C11H14F6O2/c1-2-9(18)19-11(16,17)8(12)6-4-3-5-7-10(13,14)15/h2,8H,1,3-7H2. The van der Waals surface area contributed by atoms with E-state index in [4.69, 9.17) is 0 Å². The Morgan fingerprint density at radius 2 is 1.74 bits per heavy atom. The average molecular weight is 292 g/mol. The Morgan fingerprint density at radius 1 is 1.16 bits per heavy atom. The predicted molar refractivity (Wildman–Crippen MR) is 55.3 cm³/mol. The number of hydrogen-bond acceptors (Lipinski definition) is 2. The fourth-order valence-corrected chi connectivity index (χ4v) is 1.23. The second kappa shape index (κ2) is 7.40.